The highest BCUT2D eigenvalue weighted by atomic mass is 15.2. The van der Waals surface area contributed by atoms with Gasteiger partial charge in [-0.05, 0) is 51.5 Å². The fraction of sp³-hybridized carbons (Fsp3) is 0.688. The SMILES string of the molecule is CCCNc1cccc(CN(C)CCN2CCCC2)n1. The predicted octanol–water partition coefficient (Wildman–Crippen LogP) is 2.43. The molecule has 112 valence electrons. The molecule has 20 heavy (non-hydrogen) atoms. The lowest BCUT2D eigenvalue weighted by Crippen LogP contribution is -2.31. The van der Waals surface area contributed by atoms with E-state index in [1.807, 2.05) is 6.07 Å². The summed E-state index contributed by atoms with van der Waals surface area (Å²) in [6.45, 7) is 8.95. The van der Waals surface area contributed by atoms with E-state index in [4.69, 9.17) is 0 Å². The number of rotatable bonds is 8. The van der Waals surface area contributed by atoms with Gasteiger partial charge in [-0.2, -0.15) is 0 Å². The fourth-order valence-corrected chi connectivity index (χ4v) is 2.59. The molecule has 0 aromatic carbocycles. The van der Waals surface area contributed by atoms with Crippen molar-refractivity contribution in [3.63, 3.8) is 0 Å². The summed E-state index contributed by atoms with van der Waals surface area (Å²) in [5.74, 6) is 0.997. The first-order valence-electron chi connectivity index (χ1n) is 7.88. The van der Waals surface area contributed by atoms with Gasteiger partial charge in [0, 0.05) is 26.2 Å². The Morgan fingerprint density at radius 3 is 2.85 bits per heavy atom. The highest BCUT2D eigenvalue weighted by Gasteiger charge is 2.12. The lowest BCUT2D eigenvalue weighted by molar-refractivity contribution is 0.251. The lowest BCUT2D eigenvalue weighted by atomic mass is 10.3. The highest BCUT2D eigenvalue weighted by molar-refractivity contribution is 5.35. The van der Waals surface area contributed by atoms with Crippen LogP contribution in [0.5, 0.6) is 0 Å². The Labute approximate surface area is 123 Å². The number of hydrogen-bond donors (Lipinski definition) is 1. The quantitative estimate of drug-likeness (QED) is 0.790. The molecular weight excluding hydrogens is 248 g/mol. The van der Waals surface area contributed by atoms with E-state index in [1.54, 1.807) is 0 Å². The molecule has 0 bridgehead atoms. The van der Waals surface area contributed by atoms with E-state index in [2.05, 4.69) is 46.2 Å². The summed E-state index contributed by atoms with van der Waals surface area (Å²) < 4.78 is 0. The molecule has 0 spiro atoms. The summed E-state index contributed by atoms with van der Waals surface area (Å²) >= 11 is 0. The topological polar surface area (TPSA) is 31.4 Å². The highest BCUT2D eigenvalue weighted by Crippen LogP contribution is 2.09. The van der Waals surface area contributed by atoms with Crippen LogP contribution in [0.2, 0.25) is 0 Å². The third-order valence-electron chi connectivity index (χ3n) is 3.79. The maximum Gasteiger partial charge on any atom is 0.126 e. The Morgan fingerprint density at radius 1 is 1.30 bits per heavy atom. The standard InChI is InChI=1S/C16H28N4/c1-3-9-17-16-8-6-7-15(18-16)14-19(2)12-13-20-10-4-5-11-20/h6-8H,3-5,9-14H2,1-2H3,(H,17,18). The second kappa shape index (κ2) is 8.22. The van der Waals surface area contributed by atoms with Crippen LogP contribution in [0.1, 0.15) is 31.9 Å². The van der Waals surface area contributed by atoms with Crippen LogP contribution in [-0.2, 0) is 6.54 Å². The van der Waals surface area contributed by atoms with E-state index >= 15 is 0 Å². The Bertz CT molecular complexity index is 388. The molecule has 1 aliphatic heterocycles. The summed E-state index contributed by atoms with van der Waals surface area (Å²) in [7, 11) is 2.18. The molecule has 0 atom stereocenters. The van der Waals surface area contributed by atoms with Gasteiger partial charge in [-0.1, -0.05) is 13.0 Å². The summed E-state index contributed by atoms with van der Waals surface area (Å²) in [4.78, 5) is 9.59. The van der Waals surface area contributed by atoms with Gasteiger partial charge in [0.05, 0.1) is 5.69 Å². The molecular formula is C16H28N4. The van der Waals surface area contributed by atoms with Crippen molar-refractivity contribution in [3.8, 4) is 0 Å². The molecule has 1 aromatic heterocycles. The van der Waals surface area contributed by atoms with Gasteiger partial charge in [-0.3, -0.25) is 4.90 Å². The van der Waals surface area contributed by atoms with Crippen LogP contribution in [0.3, 0.4) is 0 Å². The first-order valence-corrected chi connectivity index (χ1v) is 7.88. The first-order chi connectivity index (χ1) is 9.78. The van der Waals surface area contributed by atoms with Crippen molar-refractivity contribution in [1.82, 2.24) is 14.8 Å². The first kappa shape index (κ1) is 15.3. The third kappa shape index (κ3) is 5.10. The van der Waals surface area contributed by atoms with E-state index in [0.717, 1.165) is 37.6 Å². The molecule has 0 unspecified atom stereocenters. The fourth-order valence-electron chi connectivity index (χ4n) is 2.59. The van der Waals surface area contributed by atoms with Crippen molar-refractivity contribution in [2.75, 3.05) is 45.1 Å². The van der Waals surface area contributed by atoms with Crippen LogP contribution >= 0.6 is 0 Å². The van der Waals surface area contributed by atoms with E-state index in [-0.39, 0.29) is 0 Å². The zero-order valence-corrected chi connectivity index (χ0v) is 12.9. The molecule has 0 amide bonds. The van der Waals surface area contributed by atoms with Gasteiger partial charge < -0.3 is 10.2 Å². The second-order valence-corrected chi connectivity index (χ2v) is 5.73. The van der Waals surface area contributed by atoms with Crippen molar-refractivity contribution >= 4 is 5.82 Å². The van der Waals surface area contributed by atoms with E-state index in [0.29, 0.717) is 0 Å². The molecule has 2 rings (SSSR count). The van der Waals surface area contributed by atoms with Gasteiger partial charge in [0.2, 0.25) is 0 Å². The predicted molar refractivity (Wildman–Crippen MR) is 85.0 cm³/mol. The van der Waals surface area contributed by atoms with Gasteiger partial charge in [0.1, 0.15) is 5.82 Å². The molecule has 4 heteroatoms. The lowest BCUT2D eigenvalue weighted by Gasteiger charge is -2.21. The van der Waals surface area contributed by atoms with Gasteiger partial charge in [0.15, 0.2) is 0 Å². The molecule has 0 saturated carbocycles. The van der Waals surface area contributed by atoms with Gasteiger partial charge in [-0.15, -0.1) is 0 Å². The monoisotopic (exact) mass is 276 g/mol. The van der Waals surface area contributed by atoms with Crippen LogP contribution < -0.4 is 5.32 Å². The summed E-state index contributed by atoms with van der Waals surface area (Å²) in [6.07, 6.45) is 3.87. The van der Waals surface area contributed by atoms with E-state index < -0.39 is 0 Å². The minimum absolute atomic E-state index is 0.926. The Kier molecular flexibility index (Phi) is 6.27. The molecule has 1 N–H and O–H groups in total. The molecule has 1 aromatic rings. The molecule has 2 heterocycles. The summed E-state index contributed by atoms with van der Waals surface area (Å²) in [5, 5.41) is 3.35. The average Bonchev–Trinajstić information content (AvgIpc) is 2.97. The van der Waals surface area contributed by atoms with Crippen LogP contribution in [0.25, 0.3) is 0 Å². The number of aromatic nitrogens is 1. The maximum absolute atomic E-state index is 4.66. The van der Waals surface area contributed by atoms with E-state index in [9.17, 15) is 0 Å². The summed E-state index contributed by atoms with van der Waals surface area (Å²) in [6, 6.07) is 6.25. The number of nitrogens with one attached hydrogen (secondary N) is 1. The minimum Gasteiger partial charge on any atom is -0.370 e. The molecule has 0 radical (unpaired) electrons. The third-order valence-corrected chi connectivity index (χ3v) is 3.79. The molecule has 4 nitrogen and oxygen atoms in total. The summed E-state index contributed by atoms with van der Waals surface area (Å²) in [5.41, 5.74) is 1.15. The van der Waals surface area contributed by atoms with Crippen LogP contribution in [-0.4, -0.2) is 54.6 Å². The normalized spacial score (nSPS) is 15.9. The molecule has 1 aliphatic rings. The maximum atomic E-state index is 4.66. The molecule has 1 saturated heterocycles. The minimum atomic E-state index is 0.926. The second-order valence-electron chi connectivity index (χ2n) is 5.73. The number of likely N-dealkylation sites (N-methyl/N-ethyl adjacent to an activating group) is 1. The van der Waals surface area contributed by atoms with Crippen LogP contribution in [0, 0.1) is 0 Å². The molecule has 0 aliphatic carbocycles. The Morgan fingerprint density at radius 2 is 2.10 bits per heavy atom. The smallest absolute Gasteiger partial charge is 0.126 e. The number of anilines is 1. The van der Waals surface area contributed by atoms with Crippen molar-refractivity contribution in [2.45, 2.75) is 32.7 Å². The van der Waals surface area contributed by atoms with Gasteiger partial charge in [-0.25, -0.2) is 4.98 Å². The average molecular weight is 276 g/mol. The number of hydrogen-bond acceptors (Lipinski definition) is 4. The number of likely N-dealkylation sites (tertiary alicyclic amines) is 1. The van der Waals surface area contributed by atoms with Crippen LogP contribution in [0.15, 0.2) is 18.2 Å². The van der Waals surface area contributed by atoms with Crippen LogP contribution in [0.4, 0.5) is 5.82 Å². The van der Waals surface area contributed by atoms with Gasteiger partial charge >= 0.3 is 0 Å². The zero-order valence-electron chi connectivity index (χ0n) is 12.9. The Balaban J connectivity index is 1.76. The van der Waals surface area contributed by atoms with Gasteiger partial charge in [0.25, 0.3) is 0 Å². The molecule has 1 fully saturated rings. The van der Waals surface area contributed by atoms with Crippen molar-refractivity contribution in [2.24, 2.45) is 0 Å². The number of nitrogens with zero attached hydrogens (tertiary/aromatic N) is 3. The van der Waals surface area contributed by atoms with Crippen molar-refractivity contribution < 1.29 is 0 Å². The zero-order chi connectivity index (χ0) is 14.2. The van der Waals surface area contributed by atoms with Crippen molar-refractivity contribution in [3.05, 3.63) is 23.9 Å². The number of pyridine rings is 1. The van der Waals surface area contributed by atoms with E-state index in [1.165, 1.54) is 32.5 Å². The largest absolute Gasteiger partial charge is 0.370 e. The van der Waals surface area contributed by atoms with Crippen molar-refractivity contribution in [1.29, 1.82) is 0 Å². The Hall–Kier alpha value is -1.13.